The summed E-state index contributed by atoms with van der Waals surface area (Å²) in [5.41, 5.74) is 1.67. The first-order valence-electron chi connectivity index (χ1n) is 4.16. The molecule has 0 amide bonds. The van der Waals surface area contributed by atoms with Crippen LogP contribution < -0.4 is 4.90 Å². The molecular formula is C8H10Cl3N3Zn. The summed E-state index contributed by atoms with van der Waals surface area (Å²) in [6.07, 6.45) is 0. The van der Waals surface area contributed by atoms with Crippen molar-refractivity contribution >= 4 is 40.4 Å². The summed E-state index contributed by atoms with van der Waals surface area (Å²) >= 11 is -2.21. The average Bonchev–Trinajstić information content (AvgIpc) is 2.17. The van der Waals surface area contributed by atoms with Gasteiger partial charge in [0.05, 0.1) is 0 Å². The minimum atomic E-state index is -2.21. The summed E-state index contributed by atoms with van der Waals surface area (Å²) in [4.78, 5) is 5.04. The number of nitrogens with zero attached hydrogens (tertiary/aromatic N) is 3. The van der Waals surface area contributed by atoms with Crippen LogP contribution in [0.3, 0.4) is 0 Å². The quantitative estimate of drug-likeness (QED) is 0.570. The number of halogens is 3. The zero-order chi connectivity index (χ0) is 11.8. The second-order valence-electron chi connectivity index (χ2n) is 2.81. The third-order valence-corrected chi connectivity index (χ3v) is 1.48. The molecule has 80 valence electrons. The Kier molecular flexibility index (Phi) is 8.09. The maximum atomic E-state index is 8.38. The van der Waals surface area contributed by atoms with E-state index in [9.17, 15) is 0 Å². The van der Waals surface area contributed by atoms with Crippen LogP contribution in [0.1, 0.15) is 0 Å². The molecule has 1 aromatic rings. The summed E-state index contributed by atoms with van der Waals surface area (Å²) in [7, 11) is 19.0. The monoisotopic (exact) mass is 317 g/mol. The van der Waals surface area contributed by atoms with E-state index in [1.165, 1.54) is 0 Å². The third kappa shape index (κ3) is 7.82. The van der Waals surface area contributed by atoms with Crippen LogP contribution in [0.25, 0.3) is 4.98 Å². The van der Waals surface area contributed by atoms with Crippen molar-refractivity contribution in [3.63, 3.8) is 0 Å². The van der Waals surface area contributed by atoms with Gasteiger partial charge in [-0.2, -0.15) is 0 Å². The molecule has 0 aromatic heterocycles. The van der Waals surface area contributed by atoms with Crippen LogP contribution in [0, 0.1) is 5.39 Å². The van der Waals surface area contributed by atoms with E-state index in [-0.39, 0.29) is 0 Å². The Morgan fingerprint density at radius 1 is 1.13 bits per heavy atom. The van der Waals surface area contributed by atoms with Crippen LogP contribution in [0.5, 0.6) is 0 Å². The molecule has 7 heteroatoms. The molecule has 3 nitrogen and oxygen atoms in total. The molecule has 0 saturated heterocycles. The van der Waals surface area contributed by atoms with E-state index in [1.54, 1.807) is 12.1 Å². The van der Waals surface area contributed by atoms with Crippen molar-refractivity contribution in [3.8, 4) is 0 Å². The van der Waals surface area contributed by atoms with Crippen molar-refractivity contribution in [1.29, 1.82) is 5.39 Å². The van der Waals surface area contributed by atoms with Gasteiger partial charge >= 0.3 is 47.7 Å². The predicted molar refractivity (Wildman–Crippen MR) is 63.1 cm³/mol. The van der Waals surface area contributed by atoms with E-state index in [1.807, 2.05) is 31.1 Å². The topological polar surface area (TPSA) is 31.4 Å². The molecule has 0 spiro atoms. The van der Waals surface area contributed by atoms with Crippen molar-refractivity contribution in [2.75, 3.05) is 19.0 Å². The number of rotatable bonds is 1. The fourth-order valence-corrected chi connectivity index (χ4v) is 0.817. The standard InChI is InChI=1S/C8H10N3.3ClH.Zn/c1-11(2)8-5-3-7(10-9)4-6-8;;;;/h3-6H,1-2H3;3*1H;/q+1;;;;+2/p-3. The predicted octanol–water partition coefficient (Wildman–Crippen LogP) is 4.30. The molecular weight excluding hydrogens is 310 g/mol. The van der Waals surface area contributed by atoms with Gasteiger partial charge in [-0.25, -0.2) is 0 Å². The van der Waals surface area contributed by atoms with Gasteiger partial charge in [-0.05, 0) is 12.1 Å². The Balaban J connectivity index is 0.000000423. The molecule has 0 aliphatic carbocycles. The van der Waals surface area contributed by atoms with Gasteiger partial charge in [0.25, 0.3) is 0 Å². The van der Waals surface area contributed by atoms with Gasteiger partial charge in [-0.3, -0.25) is 0 Å². The molecule has 0 bridgehead atoms. The van der Waals surface area contributed by atoms with Gasteiger partial charge in [0.1, 0.15) is 0 Å². The van der Waals surface area contributed by atoms with E-state index >= 15 is 0 Å². The Labute approximate surface area is 107 Å². The Bertz CT molecular complexity index is 318. The van der Waals surface area contributed by atoms with Crippen molar-refractivity contribution in [2.45, 2.75) is 0 Å². The molecule has 0 aliphatic heterocycles. The van der Waals surface area contributed by atoms with E-state index < -0.39 is 13.0 Å². The van der Waals surface area contributed by atoms with Crippen LogP contribution in [0.2, 0.25) is 0 Å². The minimum absolute atomic E-state index is 0.579. The summed E-state index contributed by atoms with van der Waals surface area (Å²) < 4.78 is 0. The molecule has 0 atom stereocenters. The Morgan fingerprint density at radius 2 is 1.53 bits per heavy atom. The number of anilines is 1. The number of diazo groups is 1. The fourth-order valence-electron chi connectivity index (χ4n) is 0.817. The zero-order valence-corrected chi connectivity index (χ0v) is 13.7. The summed E-state index contributed by atoms with van der Waals surface area (Å²) in [6, 6.07) is 7.31. The second-order valence-corrected chi connectivity index (χ2v) is 16.7. The number of hydrogen-bond donors (Lipinski definition) is 0. The van der Waals surface area contributed by atoms with Crippen LogP contribution in [0.15, 0.2) is 24.3 Å². The van der Waals surface area contributed by atoms with E-state index in [4.69, 9.17) is 34.5 Å². The Hall–Kier alpha value is -0.0666. The van der Waals surface area contributed by atoms with E-state index in [0.29, 0.717) is 5.69 Å². The van der Waals surface area contributed by atoms with Gasteiger partial charge in [0.15, 0.2) is 4.98 Å². The van der Waals surface area contributed by atoms with E-state index in [0.717, 1.165) is 5.69 Å². The SMILES string of the molecule is CN(C)c1ccc([N+]#N)cc1.[Cl][Zn-]([Cl])[Cl]. The van der Waals surface area contributed by atoms with E-state index in [2.05, 4.69) is 4.98 Å². The summed E-state index contributed by atoms with van der Waals surface area (Å²) in [5, 5.41) is 8.38. The van der Waals surface area contributed by atoms with Gasteiger partial charge in [-0.1, -0.05) is 0 Å². The van der Waals surface area contributed by atoms with Crippen LogP contribution in [0.4, 0.5) is 11.4 Å². The third-order valence-electron chi connectivity index (χ3n) is 1.48. The molecule has 0 heterocycles. The molecule has 0 fully saturated rings. The van der Waals surface area contributed by atoms with Crippen LogP contribution in [-0.4, -0.2) is 14.1 Å². The molecule has 15 heavy (non-hydrogen) atoms. The van der Waals surface area contributed by atoms with Crippen LogP contribution >= 0.6 is 29.1 Å². The molecule has 0 N–H and O–H groups in total. The van der Waals surface area contributed by atoms with Gasteiger partial charge in [-0.15, -0.1) is 0 Å². The first-order chi connectivity index (χ1) is 6.97. The average molecular weight is 320 g/mol. The van der Waals surface area contributed by atoms with Gasteiger partial charge in [0, 0.05) is 31.9 Å². The normalized spacial score (nSPS) is 8.27. The van der Waals surface area contributed by atoms with Crippen LogP contribution in [-0.2, 0) is 13.0 Å². The molecule has 1 aromatic carbocycles. The Morgan fingerprint density at radius 3 is 1.80 bits per heavy atom. The van der Waals surface area contributed by atoms with Gasteiger partial charge < -0.3 is 4.90 Å². The molecule has 0 saturated carbocycles. The van der Waals surface area contributed by atoms with Crippen molar-refractivity contribution < 1.29 is 13.0 Å². The van der Waals surface area contributed by atoms with Crippen molar-refractivity contribution in [1.82, 2.24) is 0 Å². The molecule has 0 aliphatic rings. The zero-order valence-electron chi connectivity index (χ0n) is 8.49. The van der Waals surface area contributed by atoms with Gasteiger partial charge in [0.2, 0.25) is 5.39 Å². The fraction of sp³-hybridized carbons (Fsp3) is 0.250. The molecule has 0 unspecified atom stereocenters. The second kappa shape index (κ2) is 8.13. The van der Waals surface area contributed by atoms with Crippen molar-refractivity contribution in [3.05, 3.63) is 29.2 Å². The first-order valence-corrected chi connectivity index (χ1v) is 15.9. The summed E-state index contributed by atoms with van der Waals surface area (Å²) in [6.45, 7) is 0. The first kappa shape index (κ1) is 14.9. The maximum absolute atomic E-state index is 8.38. The molecule has 1 rings (SSSR count). The number of benzene rings is 1. The molecule has 0 radical (unpaired) electrons. The van der Waals surface area contributed by atoms with Crippen molar-refractivity contribution in [2.24, 2.45) is 0 Å². The number of hydrogen-bond acceptors (Lipinski definition) is 2. The summed E-state index contributed by atoms with van der Waals surface area (Å²) in [5.74, 6) is 0.